The molecule has 0 N–H and O–H groups in total. The van der Waals surface area contributed by atoms with E-state index in [9.17, 15) is 13.2 Å². The van der Waals surface area contributed by atoms with Crippen LogP contribution >= 0.6 is 0 Å². The van der Waals surface area contributed by atoms with Crippen molar-refractivity contribution in [3.8, 4) is 6.07 Å². The molecule has 19 heavy (non-hydrogen) atoms. The Bertz CT molecular complexity index is 593. The number of alkyl halides is 3. The SMILES string of the molecule is N#Cc1ccc(Cc2ccc(C(F)(F)F)nc2)cc1. The molecule has 0 spiro atoms. The van der Waals surface area contributed by atoms with Gasteiger partial charge in [-0.1, -0.05) is 18.2 Å². The van der Waals surface area contributed by atoms with Crippen molar-refractivity contribution in [2.75, 3.05) is 0 Å². The molecule has 0 aliphatic rings. The standard InChI is InChI=1S/C14H9F3N2/c15-14(16,17)13-6-5-12(9-19-13)7-10-1-3-11(8-18)4-2-10/h1-6,9H,7H2. The molecule has 2 aromatic rings. The van der Waals surface area contributed by atoms with Crippen molar-refractivity contribution in [3.63, 3.8) is 0 Å². The van der Waals surface area contributed by atoms with Crippen LogP contribution in [0.15, 0.2) is 42.6 Å². The van der Waals surface area contributed by atoms with E-state index in [2.05, 4.69) is 4.98 Å². The highest BCUT2D eigenvalue weighted by atomic mass is 19.4. The molecule has 0 radical (unpaired) electrons. The number of aromatic nitrogens is 1. The molecule has 2 nitrogen and oxygen atoms in total. The van der Waals surface area contributed by atoms with Gasteiger partial charge in [-0.05, 0) is 35.7 Å². The van der Waals surface area contributed by atoms with E-state index in [1.54, 1.807) is 24.3 Å². The lowest BCUT2D eigenvalue weighted by molar-refractivity contribution is -0.141. The topological polar surface area (TPSA) is 36.7 Å². The fourth-order valence-electron chi connectivity index (χ4n) is 1.63. The maximum Gasteiger partial charge on any atom is 0.433 e. The van der Waals surface area contributed by atoms with Gasteiger partial charge in [-0.3, -0.25) is 4.98 Å². The number of pyridine rings is 1. The molecular formula is C14H9F3N2. The minimum absolute atomic E-state index is 0.483. The lowest BCUT2D eigenvalue weighted by atomic mass is 10.0. The molecule has 1 aromatic heterocycles. The molecule has 0 atom stereocenters. The molecular weight excluding hydrogens is 253 g/mol. The highest BCUT2D eigenvalue weighted by molar-refractivity contribution is 5.33. The first-order valence-corrected chi connectivity index (χ1v) is 5.50. The number of halogens is 3. The number of rotatable bonds is 2. The Morgan fingerprint density at radius 2 is 1.63 bits per heavy atom. The van der Waals surface area contributed by atoms with Crippen LogP contribution in [0.1, 0.15) is 22.4 Å². The summed E-state index contributed by atoms with van der Waals surface area (Å²) in [6.45, 7) is 0. The summed E-state index contributed by atoms with van der Waals surface area (Å²) >= 11 is 0. The first-order chi connectivity index (χ1) is 8.99. The molecule has 2 rings (SSSR count). The van der Waals surface area contributed by atoms with Crippen LogP contribution in [-0.2, 0) is 12.6 Å². The second-order valence-electron chi connectivity index (χ2n) is 4.03. The van der Waals surface area contributed by atoms with Crippen LogP contribution in [0, 0.1) is 11.3 Å². The Morgan fingerprint density at radius 3 is 2.11 bits per heavy atom. The predicted molar refractivity (Wildman–Crippen MR) is 63.2 cm³/mol. The van der Waals surface area contributed by atoms with Gasteiger partial charge >= 0.3 is 6.18 Å². The molecule has 0 unspecified atom stereocenters. The summed E-state index contributed by atoms with van der Waals surface area (Å²) in [5, 5.41) is 8.66. The van der Waals surface area contributed by atoms with Crippen LogP contribution in [0.5, 0.6) is 0 Å². The lowest BCUT2D eigenvalue weighted by Gasteiger charge is -2.06. The van der Waals surface area contributed by atoms with Crippen molar-refractivity contribution in [1.29, 1.82) is 5.26 Å². The highest BCUT2D eigenvalue weighted by Gasteiger charge is 2.31. The molecule has 0 aliphatic carbocycles. The van der Waals surface area contributed by atoms with Crippen LogP contribution in [0.3, 0.4) is 0 Å². The van der Waals surface area contributed by atoms with E-state index in [0.29, 0.717) is 17.5 Å². The number of hydrogen-bond acceptors (Lipinski definition) is 2. The second-order valence-corrected chi connectivity index (χ2v) is 4.03. The van der Waals surface area contributed by atoms with Gasteiger partial charge in [0.25, 0.3) is 0 Å². The quantitative estimate of drug-likeness (QED) is 0.829. The normalized spacial score (nSPS) is 11.1. The van der Waals surface area contributed by atoms with Gasteiger partial charge in [-0.2, -0.15) is 18.4 Å². The monoisotopic (exact) mass is 262 g/mol. The number of nitriles is 1. The number of nitrogens with zero attached hydrogens (tertiary/aromatic N) is 2. The van der Waals surface area contributed by atoms with Crippen molar-refractivity contribution >= 4 is 0 Å². The van der Waals surface area contributed by atoms with Crippen LogP contribution in [0.2, 0.25) is 0 Å². The zero-order chi connectivity index (χ0) is 13.9. The third-order valence-corrected chi connectivity index (χ3v) is 2.61. The molecule has 0 fully saturated rings. The molecule has 0 amide bonds. The minimum atomic E-state index is -4.41. The van der Waals surface area contributed by atoms with Crippen molar-refractivity contribution < 1.29 is 13.2 Å². The molecule has 0 saturated heterocycles. The maximum atomic E-state index is 12.3. The molecule has 96 valence electrons. The van der Waals surface area contributed by atoms with Gasteiger partial charge in [0.05, 0.1) is 11.6 Å². The summed E-state index contributed by atoms with van der Waals surface area (Å²) in [5.74, 6) is 0. The molecule has 0 aliphatic heterocycles. The largest absolute Gasteiger partial charge is 0.433 e. The van der Waals surface area contributed by atoms with E-state index in [1.165, 1.54) is 12.3 Å². The molecule has 0 bridgehead atoms. The van der Waals surface area contributed by atoms with Gasteiger partial charge in [-0.15, -0.1) is 0 Å². The fourth-order valence-corrected chi connectivity index (χ4v) is 1.63. The zero-order valence-electron chi connectivity index (χ0n) is 9.78. The van der Waals surface area contributed by atoms with Crippen molar-refractivity contribution in [2.45, 2.75) is 12.6 Å². The Kier molecular flexibility index (Phi) is 3.52. The van der Waals surface area contributed by atoms with Crippen LogP contribution in [0.25, 0.3) is 0 Å². The lowest BCUT2D eigenvalue weighted by Crippen LogP contribution is -2.07. The number of benzene rings is 1. The summed E-state index contributed by atoms with van der Waals surface area (Å²) < 4.78 is 37.0. The van der Waals surface area contributed by atoms with E-state index in [4.69, 9.17) is 5.26 Å². The molecule has 1 aromatic carbocycles. The van der Waals surface area contributed by atoms with Crippen LogP contribution in [-0.4, -0.2) is 4.98 Å². The molecule has 0 saturated carbocycles. The van der Waals surface area contributed by atoms with Crippen molar-refractivity contribution in [1.82, 2.24) is 4.98 Å². The van der Waals surface area contributed by atoms with E-state index in [0.717, 1.165) is 11.6 Å². The first kappa shape index (κ1) is 13.1. The van der Waals surface area contributed by atoms with Gasteiger partial charge in [0, 0.05) is 6.20 Å². The summed E-state index contributed by atoms with van der Waals surface area (Å²) in [5.41, 5.74) is 1.27. The second kappa shape index (κ2) is 5.11. The maximum absolute atomic E-state index is 12.3. The third-order valence-electron chi connectivity index (χ3n) is 2.61. The highest BCUT2D eigenvalue weighted by Crippen LogP contribution is 2.27. The average molecular weight is 262 g/mol. The van der Waals surface area contributed by atoms with Crippen molar-refractivity contribution in [2.24, 2.45) is 0 Å². The predicted octanol–water partition coefficient (Wildman–Crippen LogP) is 3.56. The fraction of sp³-hybridized carbons (Fsp3) is 0.143. The van der Waals surface area contributed by atoms with E-state index < -0.39 is 11.9 Å². The van der Waals surface area contributed by atoms with Gasteiger partial charge in [0.15, 0.2) is 0 Å². The Balaban J connectivity index is 2.13. The summed E-state index contributed by atoms with van der Waals surface area (Å²) in [4.78, 5) is 3.40. The first-order valence-electron chi connectivity index (χ1n) is 5.50. The molecule has 1 heterocycles. The van der Waals surface area contributed by atoms with E-state index >= 15 is 0 Å². The van der Waals surface area contributed by atoms with Crippen LogP contribution in [0.4, 0.5) is 13.2 Å². The Morgan fingerprint density at radius 1 is 1.00 bits per heavy atom. The third kappa shape index (κ3) is 3.32. The summed E-state index contributed by atoms with van der Waals surface area (Å²) in [6, 6.07) is 11.3. The van der Waals surface area contributed by atoms with Gasteiger partial charge < -0.3 is 0 Å². The Labute approximate surface area is 108 Å². The van der Waals surface area contributed by atoms with Crippen LogP contribution < -0.4 is 0 Å². The minimum Gasteiger partial charge on any atom is -0.251 e. The average Bonchev–Trinajstić information content (AvgIpc) is 2.39. The smallest absolute Gasteiger partial charge is 0.251 e. The Hall–Kier alpha value is -2.35. The summed E-state index contributed by atoms with van der Waals surface area (Å²) in [6.07, 6.45) is -2.70. The molecule has 5 heteroatoms. The van der Waals surface area contributed by atoms with E-state index in [-0.39, 0.29) is 0 Å². The van der Waals surface area contributed by atoms with Gasteiger partial charge in [0.2, 0.25) is 0 Å². The summed E-state index contributed by atoms with van der Waals surface area (Å²) in [7, 11) is 0. The van der Waals surface area contributed by atoms with Gasteiger partial charge in [-0.25, -0.2) is 0 Å². The van der Waals surface area contributed by atoms with Crippen molar-refractivity contribution in [3.05, 3.63) is 65.0 Å². The number of hydrogen-bond donors (Lipinski definition) is 0. The zero-order valence-corrected chi connectivity index (χ0v) is 9.78. The van der Waals surface area contributed by atoms with Gasteiger partial charge in [0.1, 0.15) is 5.69 Å². The van der Waals surface area contributed by atoms with E-state index in [1.807, 2.05) is 6.07 Å².